The molecule has 0 aliphatic heterocycles. The zero-order chi connectivity index (χ0) is 7.40. The van der Waals surface area contributed by atoms with Gasteiger partial charge >= 0.3 is 0 Å². The van der Waals surface area contributed by atoms with Gasteiger partial charge in [-0.05, 0) is 18.4 Å². The van der Waals surface area contributed by atoms with Crippen molar-refractivity contribution >= 4 is 6.08 Å². The standard InChI is InChI=1S/C8H9NO/c1-7-2-4-8(5-3-7)9-6-10/h2,4-5,7H,3H2,1H3. The molecule has 0 N–H and O–H groups in total. The summed E-state index contributed by atoms with van der Waals surface area (Å²) in [5.41, 5.74) is 0.730. The molecule has 0 fully saturated rings. The van der Waals surface area contributed by atoms with Crippen LogP contribution >= 0.6 is 0 Å². The van der Waals surface area contributed by atoms with E-state index in [1.807, 2.05) is 18.2 Å². The maximum absolute atomic E-state index is 9.79. The summed E-state index contributed by atoms with van der Waals surface area (Å²) in [6.45, 7) is 2.12. The summed E-state index contributed by atoms with van der Waals surface area (Å²) in [7, 11) is 0. The summed E-state index contributed by atoms with van der Waals surface area (Å²) in [5.74, 6) is 0.575. The largest absolute Gasteiger partial charge is 0.240 e. The Morgan fingerprint density at radius 2 is 2.60 bits per heavy atom. The lowest BCUT2D eigenvalue weighted by molar-refractivity contribution is 0.564. The monoisotopic (exact) mass is 135 g/mol. The van der Waals surface area contributed by atoms with Crippen molar-refractivity contribution in [3.8, 4) is 0 Å². The number of nitrogens with zero attached hydrogens (tertiary/aromatic N) is 1. The summed E-state index contributed by atoms with van der Waals surface area (Å²) >= 11 is 0. The number of hydrogen-bond donors (Lipinski definition) is 0. The first-order chi connectivity index (χ1) is 4.83. The molecule has 0 saturated carbocycles. The van der Waals surface area contributed by atoms with E-state index < -0.39 is 0 Å². The van der Waals surface area contributed by atoms with Crippen LogP contribution in [0.15, 0.2) is 28.9 Å². The lowest BCUT2D eigenvalue weighted by Gasteiger charge is -2.06. The molecule has 2 heteroatoms. The van der Waals surface area contributed by atoms with Gasteiger partial charge in [0.2, 0.25) is 6.08 Å². The molecule has 0 amide bonds. The molecule has 52 valence electrons. The molecule has 1 unspecified atom stereocenters. The fourth-order valence-corrected chi connectivity index (χ4v) is 0.852. The van der Waals surface area contributed by atoms with Crippen LogP contribution in [0.4, 0.5) is 0 Å². The van der Waals surface area contributed by atoms with E-state index in [2.05, 4.69) is 11.9 Å². The van der Waals surface area contributed by atoms with Crippen molar-refractivity contribution in [1.29, 1.82) is 0 Å². The van der Waals surface area contributed by atoms with Crippen molar-refractivity contribution in [3.05, 3.63) is 23.9 Å². The van der Waals surface area contributed by atoms with Crippen molar-refractivity contribution in [2.45, 2.75) is 13.3 Å². The maximum Gasteiger partial charge on any atom is 0.240 e. The normalized spacial score (nSPS) is 23.3. The molecule has 1 aliphatic rings. The molecule has 0 heterocycles. The Balaban J connectivity index is 2.67. The second-order valence-corrected chi connectivity index (χ2v) is 2.40. The first-order valence-electron chi connectivity index (χ1n) is 3.29. The van der Waals surface area contributed by atoms with E-state index >= 15 is 0 Å². The average molecular weight is 135 g/mol. The fourth-order valence-electron chi connectivity index (χ4n) is 0.852. The third kappa shape index (κ3) is 1.67. The lowest BCUT2D eigenvalue weighted by atomic mass is 10.0. The molecule has 1 aliphatic carbocycles. The molecule has 0 aromatic rings. The quantitative estimate of drug-likeness (QED) is 0.398. The van der Waals surface area contributed by atoms with E-state index in [4.69, 9.17) is 0 Å². The van der Waals surface area contributed by atoms with E-state index in [1.54, 1.807) is 0 Å². The van der Waals surface area contributed by atoms with Gasteiger partial charge in [-0.1, -0.05) is 19.1 Å². The molecule has 0 bridgehead atoms. The number of aliphatic imine (C=N–C) groups is 1. The third-order valence-electron chi connectivity index (χ3n) is 1.47. The van der Waals surface area contributed by atoms with Crippen LogP contribution in [-0.2, 0) is 4.79 Å². The van der Waals surface area contributed by atoms with Crippen LogP contribution in [0.1, 0.15) is 13.3 Å². The Labute approximate surface area is 60.0 Å². The molecule has 1 rings (SSSR count). The summed E-state index contributed by atoms with van der Waals surface area (Å²) in [6.07, 6.45) is 8.30. The zero-order valence-corrected chi connectivity index (χ0v) is 5.87. The van der Waals surface area contributed by atoms with Gasteiger partial charge in [0, 0.05) is 0 Å². The van der Waals surface area contributed by atoms with E-state index in [0.717, 1.165) is 12.1 Å². The Kier molecular flexibility index (Phi) is 2.19. The zero-order valence-electron chi connectivity index (χ0n) is 5.87. The van der Waals surface area contributed by atoms with Gasteiger partial charge in [-0.3, -0.25) is 0 Å². The minimum atomic E-state index is 0.575. The van der Waals surface area contributed by atoms with Crippen molar-refractivity contribution in [3.63, 3.8) is 0 Å². The van der Waals surface area contributed by atoms with E-state index in [1.165, 1.54) is 6.08 Å². The van der Waals surface area contributed by atoms with E-state index in [0.29, 0.717) is 5.92 Å². The molecule has 10 heavy (non-hydrogen) atoms. The molecule has 2 nitrogen and oxygen atoms in total. The van der Waals surface area contributed by atoms with Gasteiger partial charge in [-0.2, -0.15) is 4.99 Å². The lowest BCUT2D eigenvalue weighted by Crippen LogP contribution is -1.92. The van der Waals surface area contributed by atoms with Crippen LogP contribution in [0.3, 0.4) is 0 Å². The summed E-state index contributed by atoms with van der Waals surface area (Å²) in [5, 5.41) is 0. The summed E-state index contributed by atoms with van der Waals surface area (Å²) < 4.78 is 0. The molecule has 0 aromatic carbocycles. The molecule has 0 radical (unpaired) electrons. The number of allylic oxidation sites excluding steroid dienone is 3. The summed E-state index contributed by atoms with van der Waals surface area (Å²) in [6, 6.07) is 0. The van der Waals surface area contributed by atoms with Crippen LogP contribution in [0.2, 0.25) is 0 Å². The van der Waals surface area contributed by atoms with Crippen molar-refractivity contribution in [2.24, 2.45) is 10.9 Å². The molecular formula is C8H9NO. The maximum atomic E-state index is 9.79. The highest BCUT2D eigenvalue weighted by molar-refractivity contribution is 5.40. The molecular weight excluding hydrogens is 126 g/mol. The van der Waals surface area contributed by atoms with E-state index in [-0.39, 0.29) is 0 Å². The highest BCUT2D eigenvalue weighted by atomic mass is 16.1. The van der Waals surface area contributed by atoms with Gasteiger partial charge in [0.1, 0.15) is 0 Å². The van der Waals surface area contributed by atoms with Gasteiger partial charge < -0.3 is 0 Å². The van der Waals surface area contributed by atoms with Gasteiger partial charge in [0.25, 0.3) is 0 Å². The highest BCUT2D eigenvalue weighted by Crippen LogP contribution is 2.15. The Bertz CT molecular complexity index is 221. The summed E-state index contributed by atoms with van der Waals surface area (Å²) in [4.78, 5) is 13.3. The van der Waals surface area contributed by atoms with Crippen LogP contribution in [0, 0.1) is 5.92 Å². The van der Waals surface area contributed by atoms with Crippen molar-refractivity contribution in [1.82, 2.24) is 0 Å². The van der Waals surface area contributed by atoms with Gasteiger partial charge in [-0.25, -0.2) is 4.79 Å². The van der Waals surface area contributed by atoms with Crippen LogP contribution in [-0.4, -0.2) is 6.08 Å². The van der Waals surface area contributed by atoms with Crippen LogP contribution in [0.5, 0.6) is 0 Å². The van der Waals surface area contributed by atoms with Gasteiger partial charge in [0.05, 0.1) is 5.70 Å². The van der Waals surface area contributed by atoms with Gasteiger partial charge in [0.15, 0.2) is 0 Å². The second kappa shape index (κ2) is 3.14. The highest BCUT2D eigenvalue weighted by Gasteiger charge is 2.00. The second-order valence-electron chi connectivity index (χ2n) is 2.40. The average Bonchev–Trinajstić information content (AvgIpc) is 1.95. The predicted octanol–water partition coefficient (Wildman–Crippen LogP) is 1.80. The number of rotatable bonds is 1. The van der Waals surface area contributed by atoms with Crippen LogP contribution < -0.4 is 0 Å². The number of carbonyl (C=O) groups excluding carboxylic acids is 1. The SMILES string of the molecule is CC1C=CC(N=C=O)=CC1. The van der Waals surface area contributed by atoms with E-state index in [9.17, 15) is 4.79 Å². The smallest absolute Gasteiger partial charge is 0.211 e. The third-order valence-corrected chi connectivity index (χ3v) is 1.47. The predicted molar refractivity (Wildman–Crippen MR) is 39.1 cm³/mol. The number of hydrogen-bond acceptors (Lipinski definition) is 2. The Morgan fingerprint density at radius 3 is 3.10 bits per heavy atom. The first-order valence-corrected chi connectivity index (χ1v) is 3.29. The molecule has 0 saturated heterocycles. The number of isocyanates is 1. The fraction of sp³-hybridized carbons (Fsp3) is 0.375. The van der Waals surface area contributed by atoms with Crippen molar-refractivity contribution < 1.29 is 4.79 Å². The molecule has 0 spiro atoms. The minimum absolute atomic E-state index is 0.575. The first kappa shape index (κ1) is 6.97. The Morgan fingerprint density at radius 1 is 1.80 bits per heavy atom. The topological polar surface area (TPSA) is 29.4 Å². The molecule has 0 aromatic heterocycles. The molecule has 1 atom stereocenters. The van der Waals surface area contributed by atoms with Gasteiger partial charge in [-0.15, -0.1) is 0 Å². The van der Waals surface area contributed by atoms with Crippen molar-refractivity contribution in [2.75, 3.05) is 0 Å². The minimum Gasteiger partial charge on any atom is -0.211 e. The Hall–Kier alpha value is -1.14. The van der Waals surface area contributed by atoms with Crippen LogP contribution in [0.25, 0.3) is 0 Å².